The third kappa shape index (κ3) is 3.12. The third-order valence-corrected chi connectivity index (χ3v) is 5.12. The van der Waals surface area contributed by atoms with Gasteiger partial charge in [0.15, 0.2) is 5.65 Å². The topological polar surface area (TPSA) is 92.9 Å². The molecule has 26 heavy (non-hydrogen) atoms. The van der Waals surface area contributed by atoms with E-state index < -0.39 is 5.97 Å². The first-order valence-electron chi connectivity index (χ1n) is 8.95. The van der Waals surface area contributed by atoms with E-state index in [0.717, 1.165) is 42.4 Å². The van der Waals surface area contributed by atoms with Gasteiger partial charge in [0, 0.05) is 6.54 Å². The normalized spacial score (nSPS) is 20.2. The van der Waals surface area contributed by atoms with Gasteiger partial charge in [-0.05, 0) is 30.9 Å². The summed E-state index contributed by atoms with van der Waals surface area (Å²) < 4.78 is 1.78. The van der Waals surface area contributed by atoms with Crippen molar-refractivity contribution in [2.75, 3.05) is 11.9 Å². The van der Waals surface area contributed by atoms with Gasteiger partial charge in [-0.3, -0.25) is 4.79 Å². The Morgan fingerprint density at radius 3 is 2.81 bits per heavy atom. The molecule has 0 spiro atoms. The maximum Gasteiger partial charge on any atom is 0.306 e. The molecule has 3 aromatic rings. The van der Waals surface area contributed by atoms with Crippen molar-refractivity contribution in [3.63, 3.8) is 0 Å². The van der Waals surface area contributed by atoms with Crippen LogP contribution < -0.4 is 5.32 Å². The van der Waals surface area contributed by atoms with Crippen molar-refractivity contribution in [3.05, 3.63) is 42.9 Å². The second kappa shape index (κ2) is 7.11. The highest BCUT2D eigenvalue weighted by Crippen LogP contribution is 2.31. The van der Waals surface area contributed by atoms with Gasteiger partial charge in [0.2, 0.25) is 0 Å². The van der Waals surface area contributed by atoms with Gasteiger partial charge in [-0.2, -0.15) is 5.10 Å². The van der Waals surface area contributed by atoms with E-state index in [-0.39, 0.29) is 11.8 Å². The number of hydrogen-bond donors (Lipinski definition) is 2. The van der Waals surface area contributed by atoms with E-state index in [1.54, 1.807) is 10.9 Å². The van der Waals surface area contributed by atoms with E-state index in [1.165, 1.54) is 6.33 Å². The van der Waals surface area contributed by atoms with Crippen LogP contribution in [0.5, 0.6) is 0 Å². The van der Waals surface area contributed by atoms with Gasteiger partial charge in [0.1, 0.15) is 12.1 Å². The molecule has 0 saturated heterocycles. The Kier molecular flexibility index (Phi) is 4.51. The number of hydrogen-bond acceptors (Lipinski definition) is 5. The predicted octanol–water partition coefficient (Wildman–Crippen LogP) is 3.12. The molecular weight excluding hydrogens is 330 g/mol. The molecule has 7 nitrogen and oxygen atoms in total. The second-order valence-corrected chi connectivity index (χ2v) is 6.72. The number of aliphatic carboxylic acids is 1. The number of carboxylic acids is 1. The number of carboxylic acid groups (broad SMARTS) is 1. The minimum absolute atomic E-state index is 0.121. The van der Waals surface area contributed by atoms with E-state index in [9.17, 15) is 9.90 Å². The summed E-state index contributed by atoms with van der Waals surface area (Å²) >= 11 is 0. The van der Waals surface area contributed by atoms with E-state index >= 15 is 0 Å². The molecular formula is C19H21N5O2. The Labute approximate surface area is 151 Å². The minimum atomic E-state index is -0.693. The van der Waals surface area contributed by atoms with Crippen LogP contribution in [0.3, 0.4) is 0 Å². The lowest BCUT2D eigenvalue weighted by molar-refractivity contribution is -0.144. The fraction of sp³-hybridized carbons (Fsp3) is 0.368. The molecule has 1 saturated carbocycles. The number of aromatic nitrogens is 4. The molecule has 2 heterocycles. The Balaban J connectivity index is 1.58. The highest BCUT2D eigenvalue weighted by molar-refractivity contribution is 5.87. The van der Waals surface area contributed by atoms with Crippen molar-refractivity contribution in [1.29, 1.82) is 0 Å². The predicted molar refractivity (Wildman–Crippen MR) is 98.2 cm³/mol. The fourth-order valence-corrected chi connectivity index (χ4v) is 3.75. The minimum Gasteiger partial charge on any atom is -0.481 e. The summed E-state index contributed by atoms with van der Waals surface area (Å²) in [7, 11) is 0. The maximum absolute atomic E-state index is 11.5. The molecule has 0 amide bonds. The van der Waals surface area contributed by atoms with E-state index in [0.29, 0.717) is 12.4 Å². The lowest BCUT2D eigenvalue weighted by atomic mass is 9.79. The molecule has 1 aromatic carbocycles. The van der Waals surface area contributed by atoms with Crippen LogP contribution in [-0.2, 0) is 4.79 Å². The van der Waals surface area contributed by atoms with Crippen LogP contribution in [0, 0.1) is 11.8 Å². The van der Waals surface area contributed by atoms with Gasteiger partial charge in [-0.15, -0.1) is 0 Å². The van der Waals surface area contributed by atoms with Crippen LogP contribution in [0.25, 0.3) is 16.7 Å². The highest BCUT2D eigenvalue weighted by Gasteiger charge is 2.30. The van der Waals surface area contributed by atoms with Crippen molar-refractivity contribution in [2.24, 2.45) is 11.8 Å². The average Bonchev–Trinajstić information content (AvgIpc) is 3.12. The molecule has 2 atom stereocenters. The molecule has 1 aliphatic rings. The number of para-hydroxylation sites is 1. The lowest BCUT2D eigenvalue weighted by Gasteiger charge is -2.28. The fourth-order valence-electron chi connectivity index (χ4n) is 3.75. The van der Waals surface area contributed by atoms with Crippen molar-refractivity contribution in [1.82, 2.24) is 19.7 Å². The standard InChI is InChI=1S/C19H21N5O2/c25-19(26)15-9-5-4-6-13(15)10-20-17-16-11-23-24(18(16)22-12-21-17)14-7-2-1-3-8-14/h1-3,7-8,11-13,15H,4-6,9-10H2,(H,25,26)(H,20,21,22)/t13-,15-/m0/s1. The lowest BCUT2D eigenvalue weighted by Crippen LogP contribution is -2.31. The van der Waals surface area contributed by atoms with Crippen molar-refractivity contribution >= 4 is 22.8 Å². The van der Waals surface area contributed by atoms with Crippen molar-refractivity contribution in [3.8, 4) is 5.69 Å². The molecule has 0 unspecified atom stereocenters. The first-order chi connectivity index (χ1) is 12.7. The van der Waals surface area contributed by atoms with Gasteiger partial charge < -0.3 is 10.4 Å². The summed E-state index contributed by atoms with van der Waals surface area (Å²) in [4.78, 5) is 20.2. The molecule has 2 aromatic heterocycles. The Bertz CT molecular complexity index is 909. The summed E-state index contributed by atoms with van der Waals surface area (Å²) in [5.74, 6) is -0.149. The monoisotopic (exact) mass is 351 g/mol. The molecule has 4 rings (SSSR count). The first kappa shape index (κ1) is 16.5. The Morgan fingerprint density at radius 1 is 1.19 bits per heavy atom. The van der Waals surface area contributed by atoms with Crippen LogP contribution in [-0.4, -0.2) is 37.4 Å². The quantitative estimate of drug-likeness (QED) is 0.734. The largest absolute Gasteiger partial charge is 0.481 e. The van der Waals surface area contributed by atoms with E-state index in [1.807, 2.05) is 30.3 Å². The molecule has 1 fully saturated rings. The summed E-state index contributed by atoms with van der Waals surface area (Å²) in [6.45, 7) is 0.597. The Morgan fingerprint density at radius 2 is 2.00 bits per heavy atom. The number of nitrogens with one attached hydrogen (secondary N) is 1. The van der Waals surface area contributed by atoms with Crippen molar-refractivity contribution < 1.29 is 9.90 Å². The summed E-state index contributed by atoms with van der Waals surface area (Å²) in [6.07, 6.45) is 7.03. The SMILES string of the molecule is O=C(O)[C@H]1CCCC[C@H]1CNc1ncnc2c1cnn2-c1ccccc1. The van der Waals surface area contributed by atoms with Crippen LogP contribution in [0.15, 0.2) is 42.9 Å². The molecule has 0 aliphatic heterocycles. The third-order valence-electron chi connectivity index (χ3n) is 5.12. The van der Waals surface area contributed by atoms with Gasteiger partial charge >= 0.3 is 5.97 Å². The molecule has 2 N–H and O–H groups in total. The van der Waals surface area contributed by atoms with E-state index in [4.69, 9.17) is 0 Å². The number of nitrogens with zero attached hydrogens (tertiary/aromatic N) is 4. The summed E-state index contributed by atoms with van der Waals surface area (Å²) in [6, 6.07) is 9.82. The molecule has 0 bridgehead atoms. The number of benzene rings is 1. The summed E-state index contributed by atoms with van der Waals surface area (Å²) in [5, 5.41) is 18.1. The summed E-state index contributed by atoms with van der Waals surface area (Å²) in [5.41, 5.74) is 1.66. The zero-order valence-electron chi connectivity index (χ0n) is 14.4. The smallest absolute Gasteiger partial charge is 0.306 e. The average molecular weight is 351 g/mol. The van der Waals surface area contributed by atoms with E-state index in [2.05, 4.69) is 20.4 Å². The van der Waals surface area contributed by atoms with Crippen LogP contribution in [0.1, 0.15) is 25.7 Å². The molecule has 7 heteroatoms. The highest BCUT2D eigenvalue weighted by atomic mass is 16.4. The van der Waals surface area contributed by atoms with Crippen molar-refractivity contribution in [2.45, 2.75) is 25.7 Å². The van der Waals surface area contributed by atoms with Crippen LogP contribution in [0.4, 0.5) is 5.82 Å². The molecule has 1 aliphatic carbocycles. The van der Waals surface area contributed by atoms with Gasteiger partial charge in [0.05, 0.1) is 23.2 Å². The number of anilines is 1. The van der Waals surface area contributed by atoms with Gasteiger partial charge in [-0.1, -0.05) is 31.0 Å². The Hall–Kier alpha value is -2.96. The maximum atomic E-state index is 11.5. The number of carbonyl (C=O) groups is 1. The zero-order valence-corrected chi connectivity index (χ0v) is 14.4. The molecule has 134 valence electrons. The number of fused-ring (bicyclic) bond motifs is 1. The van der Waals surface area contributed by atoms with Gasteiger partial charge in [0.25, 0.3) is 0 Å². The second-order valence-electron chi connectivity index (χ2n) is 6.72. The first-order valence-corrected chi connectivity index (χ1v) is 8.95. The van der Waals surface area contributed by atoms with Crippen LogP contribution in [0.2, 0.25) is 0 Å². The van der Waals surface area contributed by atoms with Crippen LogP contribution >= 0.6 is 0 Å². The molecule has 0 radical (unpaired) electrons. The van der Waals surface area contributed by atoms with Gasteiger partial charge in [-0.25, -0.2) is 14.6 Å². The number of rotatable bonds is 5. The zero-order chi connectivity index (χ0) is 17.9.